The second-order valence-electron chi connectivity index (χ2n) is 9.86. The number of nitrogens with zero attached hydrogens (tertiary/aromatic N) is 1. The van der Waals surface area contributed by atoms with Crippen molar-refractivity contribution in [3.63, 3.8) is 0 Å². The molecule has 0 aliphatic rings. The number of hydrogen-bond acceptors (Lipinski definition) is 4. The summed E-state index contributed by atoms with van der Waals surface area (Å²) in [5, 5.41) is 5.59. The predicted molar refractivity (Wildman–Crippen MR) is 137 cm³/mol. The lowest BCUT2D eigenvalue weighted by atomic mass is 9.93. The van der Waals surface area contributed by atoms with Crippen molar-refractivity contribution in [2.75, 3.05) is 19.6 Å². The maximum absolute atomic E-state index is 13.5. The Labute approximate surface area is 206 Å². The van der Waals surface area contributed by atoms with E-state index in [0.717, 1.165) is 55.2 Å². The van der Waals surface area contributed by atoms with Gasteiger partial charge in [0.2, 0.25) is 11.8 Å². The van der Waals surface area contributed by atoms with Crippen LogP contribution in [0.4, 0.5) is 4.79 Å². The van der Waals surface area contributed by atoms with Crippen molar-refractivity contribution in [3.8, 4) is 0 Å². The van der Waals surface area contributed by atoms with Gasteiger partial charge in [-0.1, -0.05) is 57.7 Å². The molecule has 1 aromatic carbocycles. The molecule has 0 aliphatic heterocycles. The highest BCUT2D eigenvalue weighted by Crippen LogP contribution is 2.28. The molecular formula is C27H45N3O4. The zero-order chi connectivity index (χ0) is 25.7. The lowest BCUT2D eigenvalue weighted by Gasteiger charge is -2.33. The average molecular weight is 476 g/mol. The van der Waals surface area contributed by atoms with Gasteiger partial charge in [0.25, 0.3) is 0 Å². The highest BCUT2D eigenvalue weighted by Gasteiger charge is 2.33. The topological polar surface area (TPSA) is 87.7 Å². The SMILES string of the molecule is CCCCCCN(C(=O)CNC(=O)OC(C)(C)C)C(C(=O)NCCCC)c1c(C)cccc1C. The number of alkyl carbamates (subject to hydrolysis) is 1. The zero-order valence-electron chi connectivity index (χ0n) is 22.3. The van der Waals surface area contributed by atoms with Crippen molar-refractivity contribution in [2.45, 2.75) is 98.6 Å². The summed E-state index contributed by atoms with van der Waals surface area (Å²) in [6.07, 6.45) is 5.08. The maximum Gasteiger partial charge on any atom is 0.408 e. The molecule has 0 radical (unpaired) electrons. The highest BCUT2D eigenvalue weighted by molar-refractivity contribution is 5.91. The summed E-state index contributed by atoms with van der Waals surface area (Å²) >= 11 is 0. The summed E-state index contributed by atoms with van der Waals surface area (Å²) in [5.74, 6) is -0.493. The molecule has 0 bridgehead atoms. The molecule has 7 heteroatoms. The molecule has 7 nitrogen and oxygen atoms in total. The molecule has 0 aromatic heterocycles. The summed E-state index contributed by atoms with van der Waals surface area (Å²) in [5.41, 5.74) is 2.11. The molecule has 192 valence electrons. The van der Waals surface area contributed by atoms with Crippen LogP contribution in [0, 0.1) is 13.8 Å². The van der Waals surface area contributed by atoms with Crippen LogP contribution in [0.5, 0.6) is 0 Å². The molecule has 0 fully saturated rings. The Morgan fingerprint density at radius 1 is 0.941 bits per heavy atom. The van der Waals surface area contributed by atoms with Gasteiger partial charge in [-0.05, 0) is 64.2 Å². The first kappa shape index (κ1) is 29.5. The first-order chi connectivity index (χ1) is 16.0. The van der Waals surface area contributed by atoms with Crippen molar-refractivity contribution in [2.24, 2.45) is 0 Å². The van der Waals surface area contributed by atoms with E-state index in [1.165, 1.54) is 0 Å². The monoisotopic (exact) mass is 475 g/mol. The van der Waals surface area contributed by atoms with Crippen LogP contribution in [0.3, 0.4) is 0 Å². The van der Waals surface area contributed by atoms with Gasteiger partial charge in [0, 0.05) is 13.1 Å². The number of ether oxygens (including phenoxy) is 1. The fourth-order valence-corrected chi connectivity index (χ4v) is 3.84. The lowest BCUT2D eigenvalue weighted by molar-refractivity contribution is -0.140. The number of nitrogens with one attached hydrogen (secondary N) is 2. The molecular weight excluding hydrogens is 430 g/mol. The fraction of sp³-hybridized carbons (Fsp3) is 0.667. The Balaban J connectivity index is 3.25. The molecule has 3 amide bonds. The molecule has 0 saturated carbocycles. The molecule has 1 rings (SSSR count). The van der Waals surface area contributed by atoms with Crippen LogP contribution in [0.1, 0.15) is 95.9 Å². The quantitative estimate of drug-likeness (QED) is 0.384. The molecule has 1 atom stereocenters. The third-order valence-electron chi connectivity index (χ3n) is 5.56. The number of amides is 3. The molecule has 0 spiro atoms. The number of unbranched alkanes of at least 4 members (excludes halogenated alkanes) is 4. The van der Waals surface area contributed by atoms with Gasteiger partial charge in [0.15, 0.2) is 0 Å². The lowest BCUT2D eigenvalue weighted by Crippen LogP contribution is -2.48. The van der Waals surface area contributed by atoms with Gasteiger partial charge in [-0.25, -0.2) is 4.79 Å². The second-order valence-corrected chi connectivity index (χ2v) is 9.86. The standard InChI is InChI=1S/C27H45N3O4/c1-8-10-12-13-18-30(22(31)19-29-26(33)34-27(5,6)7)24(25(32)28-17-11-9-2)23-20(3)15-14-16-21(23)4/h14-16,24H,8-13,17-19H2,1-7H3,(H,28,32)(H,29,33). The summed E-state index contributed by atoms with van der Waals surface area (Å²) in [6.45, 7) is 14.2. The molecule has 0 aliphatic carbocycles. The minimum absolute atomic E-state index is 0.188. The van der Waals surface area contributed by atoms with Gasteiger partial charge in [-0.2, -0.15) is 0 Å². The van der Waals surface area contributed by atoms with Gasteiger partial charge < -0.3 is 20.3 Å². The third kappa shape index (κ3) is 10.1. The highest BCUT2D eigenvalue weighted by atomic mass is 16.6. The second kappa shape index (κ2) is 14.6. The molecule has 0 heterocycles. The normalized spacial score (nSPS) is 12.1. The van der Waals surface area contributed by atoms with Crippen molar-refractivity contribution in [1.29, 1.82) is 0 Å². The smallest absolute Gasteiger partial charge is 0.408 e. The van der Waals surface area contributed by atoms with Crippen molar-refractivity contribution >= 4 is 17.9 Å². The molecule has 1 unspecified atom stereocenters. The summed E-state index contributed by atoms with van der Waals surface area (Å²) < 4.78 is 5.28. The van der Waals surface area contributed by atoms with E-state index in [0.29, 0.717) is 13.1 Å². The minimum atomic E-state index is -0.757. The van der Waals surface area contributed by atoms with Crippen LogP contribution in [-0.2, 0) is 14.3 Å². The van der Waals surface area contributed by atoms with Crippen LogP contribution in [0.25, 0.3) is 0 Å². The number of benzene rings is 1. The first-order valence-corrected chi connectivity index (χ1v) is 12.6. The molecule has 2 N–H and O–H groups in total. The van der Waals surface area contributed by atoms with Crippen LogP contribution in [0.2, 0.25) is 0 Å². The van der Waals surface area contributed by atoms with Gasteiger partial charge >= 0.3 is 6.09 Å². The zero-order valence-corrected chi connectivity index (χ0v) is 22.3. The Morgan fingerprint density at radius 2 is 1.56 bits per heavy atom. The van der Waals surface area contributed by atoms with E-state index < -0.39 is 17.7 Å². The van der Waals surface area contributed by atoms with E-state index in [-0.39, 0.29) is 18.4 Å². The van der Waals surface area contributed by atoms with E-state index in [9.17, 15) is 14.4 Å². The van der Waals surface area contributed by atoms with Gasteiger partial charge in [-0.15, -0.1) is 0 Å². The van der Waals surface area contributed by atoms with Crippen molar-refractivity contribution in [1.82, 2.24) is 15.5 Å². The van der Waals surface area contributed by atoms with Crippen LogP contribution >= 0.6 is 0 Å². The summed E-state index contributed by atoms with van der Waals surface area (Å²) in [4.78, 5) is 40.7. The Hall–Kier alpha value is -2.57. The van der Waals surface area contributed by atoms with E-state index >= 15 is 0 Å². The van der Waals surface area contributed by atoms with Gasteiger partial charge in [0.05, 0.1) is 0 Å². The summed E-state index contributed by atoms with van der Waals surface area (Å²) in [6, 6.07) is 5.13. The molecule has 0 saturated heterocycles. The minimum Gasteiger partial charge on any atom is -0.444 e. The fourth-order valence-electron chi connectivity index (χ4n) is 3.84. The summed E-state index contributed by atoms with van der Waals surface area (Å²) in [7, 11) is 0. The predicted octanol–water partition coefficient (Wildman–Crippen LogP) is 5.19. The van der Waals surface area contributed by atoms with E-state index in [1.807, 2.05) is 32.0 Å². The number of aryl methyl sites for hydroxylation is 2. The van der Waals surface area contributed by atoms with Crippen molar-refractivity contribution in [3.05, 3.63) is 34.9 Å². The number of carbonyl (C=O) groups excluding carboxylic acids is 3. The number of rotatable bonds is 13. The first-order valence-electron chi connectivity index (χ1n) is 12.6. The molecule has 34 heavy (non-hydrogen) atoms. The largest absolute Gasteiger partial charge is 0.444 e. The third-order valence-corrected chi connectivity index (χ3v) is 5.56. The Kier molecular flexibility index (Phi) is 12.7. The number of carbonyl (C=O) groups is 3. The maximum atomic E-state index is 13.5. The van der Waals surface area contributed by atoms with Crippen LogP contribution in [-0.4, -0.2) is 48.0 Å². The van der Waals surface area contributed by atoms with Crippen LogP contribution in [0.15, 0.2) is 18.2 Å². The molecule has 1 aromatic rings. The van der Waals surface area contributed by atoms with E-state index in [1.54, 1.807) is 25.7 Å². The van der Waals surface area contributed by atoms with Gasteiger partial charge in [0.1, 0.15) is 18.2 Å². The Bertz CT molecular complexity index is 781. The van der Waals surface area contributed by atoms with Crippen molar-refractivity contribution < 1.29 is 19.1 Å². The van der Waals surface area contributed by atoms with Gasteiger partial charge in [-0.3, -0.25) is 9.59 Å². The Morgan fingerprint density at radius 3 is 2.12 bits per heavy atom. The van der Waals surface area contributed by atoms with E-state index in [4.69, 9.17) is 4.74 Å². The van der Waals surface area contributed by atoms with Crippen LogP contribution < -0.4 is 10.6 Å². The van der Waals surface area contributed by atoms with E-state index in [2.05, 4.69) is 24.5 Å². The average Bonchev–Trinajstić information content (AvgIpc) is 2.74. The number of hydrogen-bond donors (Lipinski definition) is 2.